The first-order valence-electron chi connectivity index (χ1n) is 7.55. The number of benzene rings is 1. The van der Waals surface area contributed by atoms with E-state index in [0.717, 1.165) is 11.3 Å². The monoisotopic (exact) mass is 405 g/mol. The molecule has 0 radical (unpaired) electrons. The van der Waals surface area contributed by atoms with Crippen molar-refractivity contribution in [3.8, 4) is 0 Å². The third kappa shape index (κ3) is 3.60. The van der Waals surface area contributed by atoms with E-state index in [9.17, 15) is 19.7 Å². The van der Waals surface area contributed by atoms with Gasteiger partial charge in [-0.3, -0.25) is 14.9 Å². The number of halogens is 1. The molecule has 0 atom stereocenters. The molecule has 27 heavy (non-hydrogen) atoms. The van der Waals surface area contributed by atoms with Gasteiger partial charge in [-0.15, -0.1) is 11.3 Å². The Balaban J connectivity index is 2.04. The van der Waals surface area contributed by atoms with Gasteiger partial charge < -0.3 is 9.72 Å². The standard InChI is InChI=1S/C17H12ClN3O5S/c1-8-12-15(22)19-14(20-16(12)27-13(8)17(23)26-2)11(18)7-9-3-5-10(6-4-9)21(24)25/h3-7H,1-2H3,(H,19,20,22)/b11-7-. The number of aromatic nitrogens is 2. The molecule has 0 aliphatic heterocycles. The minimum absolute atomic E-state index is 0.0411. The predicted octanol–water partition coefficient (Wildman–Crippen LogP) is 3.72. The summed E-state index contributed by atoms with van der Waals surface area (Å²) in [4.78, 5) is 42.0. The number of nitrogens with zero attached hydrogens (tertiary/aromatic N) is 2. The smallest absolute Gasteiger partial charge is 0.348 e. The molecule has 1 aromatic carbocycles. The summed E-state index contributed by atoms with van der Waals surface area (Å²) in [5.41, 5.74) is 0.637. The maximum absolute atomic E-state index is 12.4. The normalized spacial score (nSPS) is 11.6. The molecule has 0 fully saturated rings. The average Bonchev–Trinajstić information content (AvgIpc) is 2.98. The van der Waals surface area contributed by atoms with Gasteiger partial charge in [0.25, 0.3) is 11.2 Å². The Morgan fingerprint density at radius 1 is 1.37 bits per heavy atom. The van der Waals surface area contributed by atoms with E-state index in [1.165, 1.54) is 37.5 Å². The van der Waals surface area contributed by atoms with E-state index in [1.54, 1.807) is 6.92 Å². The first kappa shape index (κ1) is 18.7. The Kier molecular flexibility index (Phi) is 5.06. The molecule has 0 aliphatic carbocycles. The predicted molar refractivity (Wildman–Crippen MR) is 103 cm³/mol. The number of aromatic amines is 1. The largest absolute Gasteiger partial charge is 0.465 e. The van der Waals surface area contributed by atoms with E-state index in [-0.39, 0.29) is 16.5 Å². The number of nitro benzene ring substituents is 1. The number of thiophene rings is 1. The van der Waals surface area contributed by atoms with Crippen molar-refractivity contribution in [1.29, 1.82) is 0 Å². The zero-order valence-electron chi connectivity index (χ0n) is 14.1. The number of fused-ring (bicyclic) bond motifs is 1. The van der Waals surface area contributed by atoms with E-state index in [1.807, 2.05) is 0 Å². The third-order valence-corrected chi connectivity index (χ3v) is 5.25. The second kappa shape index (κ2) is 7.29. The summed E-state index contributed by atoms with van der Waals surface area (Å²) < 4.78 is 4.72. The summed E-state index contributed by atoms with van der Waals surface area (Å²) in [5.74, 6) is -0.408. The summed E-state index contributed by atoms with van der Waals surface area (Å²) >= 11 is 7.31. The number of esters is 1. The topological polar surface area (TPSA) is 115 Å². The van der Waals surface area contributed by atoms with E-state index < -0.39 is 16.5 Å². The highest BCUT2D eigenvalue weighted by molar-refractivity contribution is 7.20. The molecule has 0 amide bonds. The van der Waals surface area contributed by atoms with Crippen LogP contribution in [-0.4, -0.2) is 28.0 Å². The second-order valence-corrected chi connectivity index (χ2v) is 6.89. The zero-order chi connectivity index (χ0) is 19.7. The molecule has 8 nitrogen and oxygen atoms in total. The van der Waals surface area contributed by atoms with Crippen LogP contribution in [-0.2, 0) is 4.74 Å². The lowest BCUT2D eigenvalue weighted by Gasteiger charge is -2.00. The van der Waals surface area contributed by atoms with Gasteiger partial charge in [0.1, 0.15) is 9.71 Å². The number of carbonyl (C=O) groups is 1. The fourth-order valence-electron chi connectivity index (χ4n) is 2.45. The summed E-state index contributed by atoms with van der Waals surface area (Å²) in [5, 5.41) is 11.2. The van der Waals surface area contributed by atoms with Crippen LogP contribution in [0.2, 0.25) is 0 Å². The summed E-state index contributed by atoms with van der Waals surface area (Å²) in [6, 6.07) is 5.75. The van der Waals surface area contributed by atoms with Crippen LogP contribution in [0.3, 0.4) is 0 Å². The molecule has 1 N–H and O–H groups in total. The minimum Gasteiger partial charge on any atom is -0.465 e. The maximum Gasteiger partial charge on any atom is 0.348 e. The second-order valence-electron chi connectivity index (χ2n) is 5.48. The molecule has 3 rings (SSSR count). The highest BCUT2D eigenvalue weighted by atomic mass is 35.5. The molecule has 2 heterocycles. The van der Waals surface area contributed by atoms with Crippen LogP contribution in [0.5, 0.6) is 0 Å². The Labute approximate surface area is 161 Å². The van der Waals surface area contributed by atoms with Gasteiger partial charge in [0.15, 0.2) is 5.82 Å². The fourth-order valence-corrected chi connectivity index (χ4v) is 3.77. The highest BCUT2D eigenvalue weighted by Gasteiger charge is 2.20. The number of nitro groups is 1. The summed E-state index contributed by atoms with van der Waals surface area (Å²) in [6.45, 7) is 1.65. The molecule has 3 aromatic rings. The number of carbonyl (C=O) groups excluding carboxylic acids is 1. The number of aryl methyl sites for hydroxylation is 1. The lowest BCUT2D eigenvalue weighted by molar-refractivity contribution is -0.384. The molecule has 2 aromatic heterocycles. The van der Waals surface area contributed by atoms with Crippen LogP contribution >= 0.6 is 22.9 Å². The van der Waals surface area contributed by atoms with Crippen molar-refractivity contribution in [2.45, 2.75) is 6.92 Å². The Bertz CT molecular complexity index is 1150. The Morgan fingerprint density at radius 2 is 2.04 bits per heavy atom. The molecule has 0 aliphatic rings. The number of non-ortho nitro benzene ring substituents is 1. The van der Waals surface area contributed by atoms with Gasteiger partial charge in [-0.1, -0.05) is 11.6 Å². The molecular weight excluding hydrogens is 394 g/mol. The number of ether oxygens (including phenoxy) is 1. The van der Waals surface area contributed by atoms with Crippen LogP contribution in [0.4, 0.5) is 5.69 Å². The number of hydrogen-bond donors (Lipinski definition) is 1. The van der Waals surface area contributed by atoms with Crippen LogP contribution in [0.1, 0.15) is 26.6 Å². The highest BCUT2D eigenvalue weighted by Crippen LogP contribution is 2.29. The molecule has 0 unspecified atom stereocenters. The number of nitrogens with one attached hydrogen (secondary N) is 1. The van der Waals surface area contributed by atoms with Crippen LogP contribution in [0.15, 0.2) is 29.1 Å². The van der Waals surface area contributed by atoms with Crippen molar-refractivity contribution in [1.82, 2.24) is 9.97 Å². The van der Waals surface area contributed by atoms with Gasteiger partial charge in [0.05, 0.1) is 22.5 Å². The van der Waals surface area contributed by atoms with Crippen molar-refractivity contribution in [2.75, 3.05) is 7.11 Å². The first-order chi connectivity index (χ1) is 12.8. The fraction of sp³-hybridized carbons (Fsp3) is 0.118. The van der Waals surface area contributed by atoms with E-state index in [2.05, 4.69) is 9.97 Å². The molecule has 0 saturated carbocycles. The minimum atomic E-state index is -0.538. The zero-order valence-corrected chi connectivity index (χ0v) is 15.7. The van der Waals surface area contributed by atoms with Gasteiger partial charge in [0, 0.05) is 12.1 Å². The Morgan fingerprint density at radius 3 is 2.63 bits per heavy atom. The molecule has 0 saturated heterocycles. The maximum atomic E-state index is 12.4. The summed E-state index contributed by atoms with van der Waals surface area (Å²) in [6.07, 6.45) is 1.52. The third-order valence-electron chi connectivity index (χ3n) is 3.79. The first-order valence-corrected chi connectivity index (χ1v) is 8.75. The van der Waals surface area contributed by atoms with E-state index in [0.29, 0.717) is 26.2 Å². The quantitative estimate of drug-likeness (QED) is 0.401. The van der Waals surface area contributed by atoms with Crippen molar-refractivity contribution in [3.05, 3.63) is 66.6 Å². The van der Waals surface area contributed by atoms with Crippen molar-refractivity contribution in [3.63, 3.8) is 0 Å². The van der Waals surface area contributed by atoms with Crippen molar-refractivity contribution >= 4 is 55.9 Å². The van der Waals surface area contributed by atoms with Crippen molar-refractivity contribution in [2.24, 2.45) is 0 Å². The number of H-pyrrole nitrogens is 1. The number of hydrogen-bond acceptors (Lipinski definition) is 7. The van der Waals surface area contributed by atoms with Crippen molar-refractivity contribution < 1.29 is 14.5 Å². The molecule has 0 bridgehead atoms. The van der Waals surface area contributed by atoms with Gasteiger partial charge in [0.2, 0.25) is 0 Å². The van der Waals surface area contributed by atoms with Crippen LogP contribution < -0.4 is 5.56 Å². The number of rotatable bonds is 4. The van der Waals surface area contributed by atoms with E-state index >= 15 is 0 Å². The molecule has 0 spiro atoms. The molecule has 10 heteroatoms. The average molecular weight is 406 g/mol. The molecule has 138 valence electrons. The van der Waals surface area contributed by atoms with Crippen LogP contribution in [0, 0.1) is 17.0 Å². The number of methoxy groups -OCH3 is 1. The lowest BCUT2D eigenvalue weighted by atomic mass is 10.2. The molecular formula is C17H12ClN3O5S. The Hall–Kier alpha value is -3.04. The summed E-state index contributed by atoms with van der Waals surface area (Å²) in [7, 11) is 1.26. The van der Waals surface area contributed by atoms with Gasteiger partial charge in [-0.05, 0) is 36.3 Å². The van der Waals surface area contributed by atoms with Gasteiger partial charge in [-0.25, -0.2) is 9.78 Å². The van der Waals surface area contributed by atoms with Crippen LogP contribution in [0.25, 0.3) is 21.3 Å². The van der Waals surface area contributed by atoms with E-state index in [4.69, 9.17) is 16.3 Å². The van der Waals surface area contributed by atoms with Gasteiger partial charge in [-0.2, -0.15) is 0 Å². The lowest BCUT2D eigenvalue weighted by Crippen LogP contribution is -2.10. The van der Waals surface area contributed by atoms with Gasteiger partial charge >= 0.3 is 5.97 Å². The SMILES string of the molecule is COC(=O)c1sc2nc(/C(Cl)=C/c3ccc([N+](=O)[O-])cc3)[nH]c(=O)c2c1C.